The summed E-state index contributed by atoms with van der Waals surface area (Å²) >= 11 is 7.88. The van der Waals surface area contributed by atoms with E-state index in [4.69, 9.17) is 35.9 Å². The minimum absolute atomic E-state index is 0.287. The Morgan fingerprint density at radius 3 is 2.51 bits per heavy atom. The van der Waals surface area contributed by atoms with Gasteiger partial charge in [0.05, 0.1) is 31.1 Å². The van der Waals surface area contributed by atoms with Gasteiger partial charge in [0, 0.05) is 16.5 Å². The minimum Gasteiger partial charge on any atom is -0.492 e. The van der Waals surface area contributed by atoms with Gasteiger partial charge in [0.15, 0.2) is 11.5 Å². The summed E-state index contributed by atoms with van der Waals surface area (Å²) in [5, 5.41) is 12.5. The van der Waals surface area contributed by atoms with Gasteiger partial charge < -0.3 is 24.8 Å². The zero-order chi connectivity index (χ0) is 31.8. The second-order valence-corrected chi connectivity index (χ2v) is 11.7. The van der Waals surface area contributed by atoms with Crippen LogP contribution in [0.15, 0.2) is 83.2 Å². The van der Waals surface area contributed by atoms with Crippen molar-refractivity contribution in [1.29, 1.82) is 0 Å². The van der Waals surface area contributed by atoms with Crippen LogP contribution in [0.4, 0.5) is 11.6 Å². The Morgan fingerprint density at radius 1 is 0.978 bits per heavy atom. The van der Waals surface area contributed by atoms with Crippen molar-refractivity contribution in [2.24, 2.45) is 0 Å². The molecule has 1 aliphatic heterocycles. The van der Waals surface area contributed by atoms with Gasteiger partial charge in [-0.2, -0.15) is 4.98 Å². The standard InChI is InChI=1S/C34H38ClN5O4S/c1-5-8-19-44-28-18-17-23(20-29(28)43-7-3)31-30(32(41)37-26-15-11-12-16-27(26)42-6-2)22(4)36-33-38-34(39-40(31)33)45-21-24-13-9-10-14-25(24)35/h9-18,20,31H,5-8,19,21H2,1-4H3,(H,37,41)(H,36,38,39). The van der Waals surface area contributed by atoms with Crippen molar-refractivity contribution in [3.63, 3.8) is 0 Å². The molecule has 1 amide bonds. The molecule has 2 heterocycles. The maximum absolute atomic E-state index is 14.1. The summed E-state index contributed by atoms with van der Waals surface area (Å²) in [4.78, 5) is 18.9. The van der Waals surface area contributed by atoms with Gasteiger partial charge in [0.1, 0.15) is 11.8 Å². The van der Waals surface area contributed by atoms with E-state index in [9.17, 15) is 4.79 Å². The summed E-state index contributed by atoms with van der Waals surface area (Å²) < 4.78 is 19.6. The lowest BCUT2D eigenvalue weighted by molar-refractivity contribution is -0.113. The lowest BCUT2D eigenvalue weighted by Gasteiger charge is -2.29. The number of hydrogen-bond donors (Lipinski definition) is 2. The number of allylic oxidation sites excluding steroid dienone is 1. The van der Waals surface area contributed by atoms with Gasteiger partial charge >= 0.3 is 0 Å². The highest BCUT2D eigenvalue weighted by Crippen LogP contribution is 2.41. The summed E-state index contributed by atoms with van der Waals surface area (Å²) in [7, 11) is 0. The summed E-state index contributed by atoms with van der Waals surface area (Å²) in [6.07, 6.45) is 1.96. The van der Waals surface area contributed by atoms with Gasteiger partial charge in [0.25, 0.3) is 5.91 Å². The number of amides is 1. The number of carbonyl (C=O) groups is 1. The lowest BCUT2D eigenvalue weighted by Crippen LogP contribution is -2.31. The molecule has 236 valence electrons. The predicted octanol–water partition coefficient (Wildman–Crippen LogP) is 8.13. The topological polar surface area (TPSA) is 99.5 Å². The number of para-hydroxylation sites is 2. The molecule has 9 nitrogen and oxygen atoms in total. The van der Waals surface area contributed by atoms with Crippen LogP contribution in [0.5, 0.6) is 17.2 Å². The lowest BCUT2D eigenvalue weighted by atomic mass is 9.94. The smallest absolute Gasteiger partial charge is 0.255 e. The van der Waals surface area contributed by atoms with Crippen molar-refractivity contribution >= 4 is 40.9 Å². The van der Waals surface area contributed by atoms with E-state index in [1.165, 1.54) is 11.8 Å². The van der Waals surface area contributed by atoms with E-state index in [-0.39, 0.29) is 5.91 Å². The van der Waals surface area contributed by atoms with Crippen LogP contribution in [0.25, 0.3) is 0 Å². The molecule has 1 atom stereocenters. The summed E-state index contributed by atoms with van der Waals surface area (Å²) in [5.74, 6) is 2.71. The van der Waals surface area contributed by atoms with Crippen LogP contribution in [-0.2, 0) is 10.5 Å². The number of nitrogens with zero attached hydrogens (tertiary/aromatic N) is 3. The number of benzene rings is 3. The molecule has 2 N–H and O–H groups in total. The molecule has 0 saturated heterocycles. The van der Waals surface area contributed by atoms with Crippen molar-refractivity contribution in [3.05, 3.63) is 94.1 Å². The van der Waals surface area contributed by atoms with E-state index in [0.29, 0.717) is 75.9 Å². The van der Waals surface area contributed by atoms with Crippen molar-refractivity contribution in [2.45, 2.75) is 57.5 Å². The third-order valence-corrected chi connectivity index (χ3v) is 8.42. The Labute approximate surface area is 273 Å². The fourth-order valence-corrected chi connectivity index (χ4v) is 6.12. The number of anilines is 2. The Bertz CT molecular complexity index is 1670. The summed E-state index contributed by atoms with van der Waals surface area (Å²) in [5.41, 5.74) is 3.53. The Balaban J connectivity index is 1.54. The third kappa shape index (κ3) is 7.57. The average Bonchev–Trinajstić information content (AvgIpc) is 3.44. The molecule has 3 aromatic carbocycles. The van der Waals surface area contributed by atoms with Crippen LogP contribution in [-0.4, -0.2) is 40.5 Å². The molecule has 0 spiro atoms. The van der Waals surface area contributed by atoms with Crippen LogP contribution >= 0.6 is 23.4 Å². The summed E-state index contributed by atoms with van der Waals surface area (Å²) in [6, 6.07) is 20.3. The molecule has 45 heavy (non-hydrogen) atoms. The van der Waals surface area contributed by atoms with E-state index in [1.807, 2.05) is 87.5 Å². The second kappa shape index (κ2) is 15.2. The number of nitrogens with one attached hydrogen (secondary N) is 2. The maximum atomic E-state index is 14.1. The normalized spacial score (nSPS) is 14.0. The van der Waals surface area contributed by atoms with Crippen molar-refractivity contribution < 1.29 is 19.0 Å². The van der Waals surface area contributed by atoms with Crippen molar-refractivity contribution in [2.75, 3.05) is 30.5 Å². The van der Waals surface area contributed by atoms with Gasteiger partial charge in [-0.1, -0.05) is 73.1 Å². The summed E-state index contributed by atoms with van der Waals surface area (Å²) in [6.45, 7) is 9.37. The van der Waals surface area contributed by atoms with E-state index in [2.05, 4.69) is 17.6 Å². The van der Waals surface area contributed by atoms with Crippen LogP contribution < -0.4 is 24.8 Å². The van der Waals surface area contributed by atoms with Gasteiger partial charge in [-0.15, -0.1) is 5.10 Å². The molecule has 0 radical (unpaired) electrons. The van der Waals surface area contributed by atoms with Crippen LogP contribution in [0.3, 0.4) is 0 Å². The van der Waals surface area contributed by atoms with Crippen LogP contribution in [0.1, 0.15) is 57.7 Å². The fourth-order valence-electron chi connectivity index (χ4n) is 5.00. The van der Waals surface area contributed by atoms with Gasteiger partial charge in [-0.25, -0.2) is 4.68 Å². The zero-order valence-corrected chi connectivity index (χ0v) is 27.5. The number of rotatable bonds is 14. The number of unbranched alkanes of at least 4 members (excludes halogenated alkanes) is 1. The predicted molar refractivity (Wildman–Crippen MR) is 180 cm³/mol. The molecule has 11 heteroatoms. The fraction of sp³-hybridized carbons (Fsp3) is 0.324. The van der Waals surface area contributed by atoms with Gasteiger partial charge in [-0.3, -0.25) is 4.79 Å². The first-order valence-electron chi connectivity index (χ1n) is 15.2. The molecule has 1 unspecified atom stereocenters. The second-order valence-electron chi connectivity index (χ2n) is 10.3. The first-order valence-corrected chi connectivity index (χ1v) is 16.5. The van der Waals surface area contributed by atoms with Gasteiger partial charge in [-0.05, 0) is 68.7 Å². The molecule has 0 saturated carbocycles. The molecule has 0 fully saturated rings. The molecule has 1 aliphatic rings. The van der Waals surface area contributed by atoms with E-state index in [1.54, 1.807) is 4.68 Å². The number of thioether (sulfide) groups is 1. The highest BCUT2D eigenvalue weighted by atomic mass is 35.5. The highest BCUT2D eigenvalue weighted by molar-refractivity contribution is 7.98. The molecule has 1 aromatic heterocycles. The number of aromatic nitrogens is 3. The molecule has 0 aliphatic carbocycles. The number of ether oxygens (including phenoxy) is 3. The maximum Gasteiger partial charge on any atom is 0.255 e. The third-order valence-electron chi connectivity index (χ3n) is 7.17. The Kier molecular flexibility index (Phi) is 10.9. The minimum atomic E-state index is -0.605. The molecule has 5 rings (SSSR count). The van der Waals surface area contributed by atoms with E-state index in [0.717, 1.165) is 24.0 Å². The van der Waals surface area contributed by atoms with E-state index < -0.39 is 6.04 Å². The van der Waals surface area contributed by atoms with Gasteiger partial charge in [0.2, 0.25) is 11.1 Å². The quantitative estimate of drug-likeness (QED) is 0.105. The largest absolute Gasteiger partial charge is 0.492 e. The monoisotopic (exact) mass is 647 g/mol. The Morgan fingerprint density at radius 2 is 1.73 bits per heavy atom. The molecule has 4 aromatic rings. The number of halogens is 1. The van der Waals surface area contributed by atoms with Crippen LogP contribution in [0, 0.1) is 0 Å². The number of fused-ring (bicyclic) bond motifs is 1. The average molecular weight is 648 g/mol. The van der Waals surface area contributed by atoms with Crippen LogP contribution in [0.2, 0.25) is 5.02 Å². The van der Waals surface area contributed by atoms with Crippen molar-refractivity contribution in [1.82, 2.24) is 14.8 Å². The zero-order valence-electron chi connectivity index (χ0n) is 25.9. The Hall–Kier alpha value is -4.15. The molecular formula is C34H38ClN5O4S. The van der Waals surface area contributed by atoms with Crippen molar-refractivity contribution in [3.8, 4) is 17.2 Å². The molecular weight excluding hydrogens is 610 g/mol. The SMILES string of the molecule is CCCCOc1ccc(C2C(C(=O)Nc3ccccc3OCC)=C(C)Nc3nc(SCc4ccccc4Cl)nn32)cc1OCC. The molecule has 0 bridgehead atoms. The number of carbonyl (C=O) groups excluding carboxylic acids is 1. The number of hydrogen-bond acceptors (Lipinski definition) is 8. The van der Waals surface area contributed by atoms with E-state index >= 15 is 0 Å². The first kappa shape index (κ1) is 32.2. The first-order chi connectivity index (χ1) is 21.9. The highest BCUT2D eigenvalue weighted by Gasteiger charge is 2.35.